The standard InChI is InChI=1S/C19H26N2O4S/c1-18(2,3)25-17(22)21-11-9-19(14-20,10-12-21)13-15-5-7-16(8-6-15)26(4,23)24/h5-8H,9-13H2,1-4H3. The molecule has 0 spiro atoms. The molecule has 26 heavy (non-hydrogen) atoms. The van der Waals surface area contributed by atoms with Crippen molar-refractivity contribution < 1.29 is 17.9 Å². The van der Waals surface area contributed by atoms with Crippen LogP contribution in [-0.2, 0) is 21.0 Å². The smallest absolute Gasteiger partial charge is 0.410 e. The quantitative estimate of drug-likeness (QED) is 0.806. The van der Waals surface area contributed by atoms with Crippen LogP contribution in [0.3, 0.4) is 0 Å². The topological polar surface area (TPSA) is 87.5 Å². The van der Waals surface area contributed by atoms with Crippen LogP contribution in [0.15, 0.2) is 29.2 Å². The van der Waals surface area contributed by atoms with E-state index >= 15 is 0 Å². The van der Waals surface area contributed by atoms with Crippen molar-refractivity contribution in [3.63, 3.8) is 0 Å². The zero-order valence-corrected chi connectivity index (χ0v) is 16.6. The molecule has 0 saturated carbocycles. The Labute approximate surface area is 155 Å². The van der Waals surface area contributed by atoms with Gasteiger partial charge in [0.25, 0.3) is 0 Å². The normalized spacial score (nSPS) is 17.4. The highest BCUT2D eigenvalue weighted by Crippen LogP contribution is 2.35. The number of hydrogen-bond donors (Lipinski definition) is 0. The Morgan fingerprint density at radius 3 is 2.19 bits per heavy atom. The molecular formula is C19H26N2O4S. The SMILES string of the molecule is CC(C)(C)OC(=O)N1CCC(C#N)(Cc2ccc(S(C)(=O)=O)cc2)CC1. The summed E-state index contributed by atoms with van der Waals surface area (Å²) in [6.07, 6.45) is 2.50. The molecule has 2 rings (SSSR count). The summed E-state index contributed by atoms with van der Waals surface area (Å²) in [6.45, 7) is 6.44. The van der Waals surface area contributed by atoms with E-state index in [0.717, 1.165) is 5.56 Å². The first-order valence-electron chi connectivity index (χ1n) is 8.62. The molecule has 1 saturated heterocycles. The summed E-state index contributed by atoms with van der Waals surface area (Å²) in [5.74, 6) is 0. The van der Waals surface area contributed by atoms with E-state index in [0.29, 0.717) is 32.4 Å². The van der Waals surface area contributed by atoms with Crippen molar-refractivity contribution in [3.05, 3.63) is 29.8 Å². The third kappa shape index (κ3) is 5.21. The van der Waals surface area contributed by atoms with Gasteiger partial charge in [-0.05, 0) is 57.7 Å². The molecule has 0 N–H and O–H groups in total. The zero-order valence-electron chi connectivity index (χ0n) is 15.8. The molecule has 0 unspecified atom stereocenters. The van der Waals surface area contributed by atoms with E-state index in [4.69, 9.17) is 4.74 Å². The largest absolute Gasteiger partial charge is 0.444 e. The number of rotatable bonds is 3. The van der Waals surface area contributed by atoms with Crippen LogP contribution in [-0.4, -0.2) is 44.4 Å². The molecule has 1 heterocycles. The average Bonchev–Trinajstić information content (AvgIpc) is 2.53. The Kier molecular flexibility index (Phi) is 5.67. The van der Waals surface area contributed by atoms with Gasteiger partial charge in [-0.25, -0.2) is 13.2 Å². The molecule has 0 aromatic heterocycles. The van der Waals surface area contributed by atoms with Gasteiger partial charge in [0.15, 0.2) is 9.84 Å². The van der Waals surface area contributed by atoms with Gasteiger partial charge < -0.3 is 9.64 Å². The second kappa shape index (κ2) is 7.28. The van der Waals surface area contributed by atoms with Gasteiger partial charge >= 0.3 is 6.09 Å². The monoisotopic (exact) mass is 378 g/mol. The fourth-order valence-electron chi connectivity index (χ4n) is 3.02. The lowest BCUT2D eigenvalue weighted by Gasteiger charge is -2.38. The number of amides is 1. The maximum absolute atomic E-state index is 12.2. The summed E-state index contributed by atoms with van der Waals surface area (Å²) >= 11 is 0. The number of nitriles is 1. The molecule has 1 aromatic carbocycles. The molecule has 1 aliphatic heterocycles. The Bertz CT molecular complexity index is 793. The van der Waals surface area contributed by atoms with Crippen LogP contribution in [0.25, 0.3) is 0 Å². The third-order valence-corrected chi connectivity index (χ3v) is 5.63. The van der Waals surface area contributed by atoms with Crippen molar-refractivity contribution in [2.24, 2.45) is 5.41 Å². The van der Waals surface area contributed by atoms with Gasteiger partial charge in [-0.2, -0.15) is 5.26 Å². The van der Waals surface area contributed by atoms with Gasteiger partial charge in [-0.1, -0.05) is 12.1 Å². The number of ether oxygens (including phenoxy) is 1. The number of benzene rings is 1. The lowest BCUT2D eigenvalue weighted by Crippen LogP contribution is -2.45. The van der Waals surface area contributed by atoms with Gasteiger partial charge in [0.1, 0.15) is 5.60 Å². The average molecular weight is 378 g/mol. The summed E-state index contributed by atoms with van der Waals surface area (Å²) in [7, 11) is -3.23. The first-order valence-corrected chi connectivity index (χ1v) is 10.5. The summed E-state index contributed by atoms with van der Waals surface area (Å²) < 4.78 is 28.5. The van der Waals surface area contributed by atoms with Crippen LogP contribution in [0.5, 0.6) is 0 Å². The Balaban J connectivity index is 2.03. The molecule has 1 aromatic rings. The number of sulfone groups is 1. The summed E-state index contributed by atoms with van der Waals surface area (Å²) in [5.41, 5.74) is -0.169. The molecule has 142 valence electrons. The second-order valence-electron chi connectivity index (χ2n) is 7.95. The van der Waals surface area contributed by atoms with E-state index in [2.05, 4.69) is 6.07 Å². The van der Waals surface area contributed by atoms with Gasteiger partial charge in [-0.3, -0.25) is 0 Å². The fraction of sp³-hybridized carbons (Fsp3) is 0.579. The van der Waals surface area contributed by atoms with Crippen molar-refractivity contribution in [2.75, 3.05) is 19.3 Å². The van der Waals surface area contributed by atoms with Crippen molar-refractivity contribution in [1.29, 1.82) is 5.26 Å². The van der Waals surface area contributed by atoms with Crippen molar-refractivity contribution in [1.82, 2.24) is 4.90 Å². The minimum absolute atomic E-state index is 0.270. The van der Waals surface area contributed by atoms with E-state index < -0.39 is 20.9 Å². The molecule has 0 radical (unpaired) electrons. The molecule has 0 atom stereocenters. The fourth-order valence-corrected chi connectivity index (χ4v) is 3.65. The molecular weight excluding hydrogens is 352 g/mol. The minimum Gasteiger partial charge on any atom is -0.444 e. The predicted octanol–water partition coefficient (Wildman–Crippen LogP) is 3.17. The number of carbonyl (C=O) groups excluding carboxylic acids is 1. The third-order valence-electron chi connectivity index (χ3n) is 4.50. The first-order chi connectivity index (χ1) is 11.9. The molecule has 7 heteroatoms. The van der Waals surface area contributed by atoms with Crippen molar-refractivity contribution >= 4 is 15.9 Å². The highest BCUT2D eigenvalue weighted by molar-refractivity contribution is 7.90. The minimum atomic E-state index is -3.23. The van der Waals surface area contributed by atoms with Crippen molar-refractivity contribution in [3.8, 4) is 6.07 Å². The summed E-state index contributed by atoms with van der Waals surface area (Å²) in [6, 6.07) is 9.09. The zero-order chi connectivity index (χ0) is 19.6. The molecule has 1 fully saturated rings. The van der Waals surface area contributed by atoms with Crippen LogP contribution < -0.4 is 0 Å². The molecule has 0 aliphatic carbocycles. The predicted molar refractivity (Wildman–Crippen MR) is 98.3 cm³/mol. The lowest BCUT2D eigenvalue weighted by atomic mass is 9.75. The highest BCUT2D eigenvalue weighted by atomic mass is 32.2. The van der Waals surface area contributed by atoms with E-state index in [1.807, 2.05) is 20.8 Å². The Hall–Kier alpha value is -2.07. The summed E-state index contributed by atoms with van der Waals surface area (Å²) in [5, 5.41) is 9.72. The highest BCUT2D eigenvalue weighted by Gasteiger charge is 2.37. The van der Waals surface area contributed by atoms with E-state index in [1.165, 1.54) is 6.26 Å². The van der Waals surface area contributed by atoms with Gasteiger partial charge in [0, 0.05) is 19.3 Å². The van der Waals surface area contributed by atoms with Crippen LogP contribution in [0.4, 0.5) is 4.79 Å². The first kappa shape index (κ1) is 20.2. The lowest BCUT2D eigenvalue weighted by molar-refractivity contribution is 0.0148. The van der Waals surface area contributed by atoms with Crippen molar-refractivity contribution in [2.45, 2.75) is 50.5 Å². The van der Waals surface area contributed by atoms with Gasteiger partial charge in [0.05, 0.1) is 16.4 Å². The molecule has 6 nitrogen and oxygen atoms in total. The van der Waals surface area contributed by atoms with E-state index in [9.17, 15) is 18.5 Å². The Morgan fingerprint density at radius 1 is 1.23 bits per heavy atom. The van der Waals surface area contributed by atoms with Gasteiger partial charge in [0.2, 0.25) is 0 Å². The maximum Gasteiger partial charge on any atom is 0.410 e. The Morgan fingerprint density at radius 2 is 1.77 bits per heavy atom. The van der Waals surface area contributed by atoms with Crippen LogP contribution in [0, 0.1) is 16.7 Å². The molecule has 1 amide bonds. The van der Waals surface area contributed by atoms with Crippen LogP contribution in [0.1, 0.15) is 39.2 Å². The van der Waals surface area contributed by atoms with Crippen LogP contribution in [0.2, 0.25) is 0 Å². The molecule has 1 aliphatic rings. The molecule has 0 bridgehead atoms. The number of carbonyl (C=O) groups is 1. The van der Waals surface area contributed by atoms with Gasteiger partial charge in [-0.15, -0.1) is 0 Å². The maximum atomic E-state index is 12.2. The van der Waals surface area contributed by atoms with Crippen LogP contribution >= 0.6 is 0 Å². The number of likely N-dealkylation sites (tertiary alicyclic amines) is 1. The summed E-state index contributed by atoms with van der Waals surface area (Å²) in [4.78, 5) is 14.1. The number of piperidine rings is 1. The van der Waals surface area contributed by atoms with E-state index in [-0.39, 0.29) is 11.0 Å². The van der Waals surface area contributed by atoms with E-state index in [1.54, 1.807) is 29.2 Å². The second-order valence-corrected chi connectivity index (χ2v) is 9.97. The number of hydrogen-bond acceptors (Lipinski definition) is 5. The number of nitrogens with zero attached hydrogens (tertiary/aromatic N) is 2.